The maximum atomic E-state index is 10.5. The van der Waals surface area contributed by atoms with Crippen LogP contribution in [0.1, 0.15) is 106 Å². The molecule has 0 radical (unpaired) electrons. The van der Waals surface area contributed by atoms with Gasteiger partial charge in [0.15, 0.2) is 0 Å². The van der Waals surface area contributed by atoms with Gasteiger partial charge in [0.05, 0.1) is 12.2 Å². The Labute approximate surface area is 186 Å². The molecule has 11 atom stereocenters. The Bertz CT molecular complexity index is 601. The Balaban J connectivity index is 1.47. The lowest BCUT2D eigenvalue weighted by molar-refractivity contribution is -0.160. The fourth-order valence-corrected chi connectivity index (χ4v) is 9.31. The van der Waals surface area contributed by atoms with Crippen LogP contribution in [0.2, 0.25) is 0 Å². The van der Waals surface area contributed by atoms with Crippen molar-refractivity contribution in [3.05, 3.63) is 0 Å². The van der Waals surface area contributed by atoms with E-state index in [0.717, 1.165) is 54.3 Å². The van der Waals surface area contributed by atoms with Gasteiger partial charge in [0.25, 0.3) is 0 Å². The third-order valence-corrected chi connectivity index (χ3v) is 11.7. The molecule has 4 aliphatic rings. The van der Waals surface area contributed by atoms with Crippen molar-refractivity contribution in [2.24, 2.45) is 58.2 Å². The molecule has 0 aromatic rings. The van der Waals surface area contributed by atoms with Crippen LogP contribution in [0.3, 0.4) is 0 Å². The summed E-state index contributed by atoms with van der Waals surface area (Å²) >= 11 is 0. The van der Waals surface area contributed by atoms with E-state index in [1.807, 2.05) is 0 Å². The molecule has 4 fully saturated rings. The van der Waals surface area contributed by atoms with Crippen LogP contribution in [0.15, 0.2) is 0 Å². The first kappa shape index (κ1) is 23.1. The number of aliphatic hydroxyl groups is 2. The second kappa shape index (κ2) is 8.36. The van der Waals surface area contributed by atoms with E-state index in [9.17, 15) is 10.2 Å². The van der Waals surface area contributed by atoms with E-state index in [-0.39, 0.29) is 5.41 Å². The molecule has 0 aliphatic heterocycles. The van der Waals surface area contributed by atoms with Crippen LogP contribution < -0.4 is 0 Å². The first-order valence-corrected chi connectivity index (χ1v) is 13.4. The number of aliphatic hydroxyl groups excluding tert-OH is 2. The van der Waals surface area contributed by atoms with E-state index in [1.165, 1.54) is 51.4 Å². The molecule has 0 amide bonds. The maximum absolute atomic E-state index is 10.5. The van der Waals surface area contributed by atoms with Crippen molar-refractivity contribution < 1.29 is 10.2 Å². The third kappa shape index (κ3) is 3.70. The maximum Gasteiger partial charge on any atom is 0.0804 e. The molecule has 30 heavy (non-hydrogen) atoms. The molecule has 0 aromatic heterocycles. The number of hydrogen-bond donors (Lipinski definition) is 2. The van der Waals surface area contributed by atoms with Crippen molar-refractivity contribution in [2.45, 2.75) is 118 Å². The molecule has 0 bridgehead atoms. The minimum Gasteiger partial charge on any atom is -0.390 e. The highest BCUT2D eigenvalue weighted by Crippen LogP contribution is 2.68. The summed E-state index contributed by atoms with van der Waals surface area (Å²) in [5.74, 6) is 6.56. The largest absolute Gasteiger partial charge is 0.390 e. The van der Waals surface area contributed by atoms with Gasteiger partial charge in [0.2, 0.25) is 0 Å². The lowest BCUT2D eigenvalue weighted by Crippen LogP contribution is -2.56. The Hall–Kier alpha value is -0.0800. The summed E-state index contributed by atoms with van der Waals surface area (Å²) in [6.45, 7) is 14.9. The van der Waals surface area contributed by atoms with Gasteiger partial charge in [-0.2, -0.15) is 0 Å². The van der Waals surface area contributed by atoms with E-state index >= 15 is 0 Å². The monoisotopic (exact) mass is 418 g/mol. The molecular weight excluding hydrogens is 368 g/mol. The van der Waals surface area contributed by atoms with Gasteiger partial charge in [0, 0.05) is 0 Å². The molecule has 0 aromatic carbocycles. The van der Waals surface area contributed by atoms with Gasteiger partial charge in [-0.3, -0.25) is 0 Å². The first-order valence-electron chi connectivity index (χ1n) is 13.4. The van der Waals surface area contributed by atoms with Crippen LogP contribution in [0.5, 0.6) is 0 Å². The smallest absolute Gasteiger partial charge is 0.0804 e. The third-order valence-electron chi connectivity index (χ3n) is 11.7. The Morgan fingerprint density at radius 1 is 0.800 bits per heavy atom. The topological polar surface area (TPSA) is 40.5 Å². The van der Waals surface area contributed by atoms with E-state index in [2.05, 4.69) is 41.5 Å². The van der Waals surface area contributed by atoms with Crippen molar-refractivity contribution in [3.63, 3.8) is 0 Å². The molecule has 0 unspecified atom stereocenters. The number of rotatable bonds is 5. The molecule has 2 nitrogen and oxygen atoms in total. The second-order valence-electron chi connectivity index (χ2n) is 13.2. The highest BCUT2D eigenvalue weighted by molar-refractivity contribution is 5.10. The number of fused-ring (bicyclic) bond motifs is 5. The summed E-state index contributed by atoms with van der Waals surface area (Å²) in [5, 5.41) is 20.8. The average Bonchev–Trinajstić information content (AvgIpc) is 3.04. The van der Waals surface area contributed by atoms with Crippen molar-refractivity contribution in [2.75, 3.05) is 0 Å². The zero-order chi connectivity index (χ0) is 21.8. The molecule has 4 aliphatic carbocycles. The minimum atomic E-state index is -0.502. The van der Waals surface area contributed by atoms with E-state index < -0.39 is 12.2 Å². The summed E-state index contributed by atoms with van der Waals surface area (Å²) in [7, 11) is 0. The average molecular weight is 419 g/mol. The zero-order valence-corrected chi connectivity index (χ0v) is 20.7. The molecule has 0 spiro atoms. The van der Waals surface area contributed by atoms with Gasteiger partial charge in [-0.15, -0.1) is 0 Å². The Morgan fingerprint density at radius 3 is 2.20 bits per heavy atom. The summed E-state index contributed by atoms with van der Waals surface area (Å²) < 4.78 is 0. The predicted molar refractivity (Wildman–Crippen MR) is 125 cm³/mol. The van der Waals surface area contributed by atoms with Gasteiger partial charge in [-0.1, -0.05) is 54.4 Å². The van der Waals surface area contributed by atoms with Crippen LogP contribution >= 0.6 is 0 Å². The second-order valence-corrected chi connectivity index (χ2v) is 13.2. The Morgan fingerprint density at radius 2 is 1.50 bits per heavy atom. The fraction of sp³-hybridized carbons (Fsp3) is 1.00. The van der Waals surface area contributed by atoms with Crippen LogP contribution in [0.25, 0.3) is 0 Å². The van der Waals surface area contributed by atoms with Crippen molar-refractivity contribution in [1.82, 2.24) is 0 Å². The van der Waals surface area contributed by atoms with Gasteiger partial charge >= 0.3 is 0 Å². The molecule has 4 saturated carbocycles. The van der Waals surface area contributed by atoms with Crippen molar-refractivity contribution >= 4 is 0 Å². The van der Waals surface area contributed by atoms with E-state index in [0.29, 0.717) is 11.3 Å². The standard InChI is InChI=1S/C28H50O2/c1-17(2)18(3)7-8-19(4)22-11-12-23-21-10-9-20-15-25(29)26(30)16-28(20,6)24(21)13-14-27(22,23)5/h17-26,29-30H,7-16H2,1-6H3/t18-,19+,20+,21-,22-,23+,24-,25-,26+,27+,28+/m0/s1. The van der Waals surface area contributed by atoms with Gasteiger partial charge in [0.1, 0.15) is 0 Å². The minimum absolute atomic E-state index is 0.249. The van der Waals surface area contributed by atoms with E-state index in [1.54, 1.807) is 0 Å². The molecule has 4 rings (SSSR count). The van der Waals surface area contributed by atoms with E-state index in [4.69, 9.17) is 0 Å². The molecule has 2 N–H and O–H groups in total. The molecule has 2 heteroatoms. The quantitative estimate of drug-likeness (QED) is 0.522. The molecule has 174 valence electrons. The Kier molecular flexibility index (Phi) is 6.44. The van der Waals surface area contributed by atoms with Crippen LogP contribution in [0.4, 0.5) is 0 Å². The summed E-state index contributed by atoms with van der Waals surface area (Å²) in [6.07, 6.45) is 11.8. The lowest BCUT2D eigenvalue weighted by atomic mass is 9.44. The van der Waals surface area contributed by atoms with Crippen LogP contribution in [-0.4, -0.2) is 22.4 Å². The highest BCUT2D eigenvalue weighted by atomic mass is 16.3. The summed E-state index contributed by atoms with van der Waals surface area (Å²) in [4.78, 5) is 0. The normalized spacial score (nSPS) is 50.5. The van der Waals surface area contributed by atoms with Crippen LogP contribution in [0, 0.1) is 58.2 Å². The first-order chi connectivity index (χ1) is 14.1. The SMILES string of the molecule is CC(C)[C@@H](C)CC[C@@H](C)[C@@H]1CC[C@@H]2[C@@H]3CC[C@@H]4C[C@H](O)[C@H](O)C[C@@]4(C)[C@H]3CC[C@@]21C. The van der Waals surface area contributed by atoms with Crippen LogP contribution in [-0.2, 0) is 0 Å². The fourth-order valence-electron chi connectivity index (χ4n) is 9.31. The number of hydrogen-bond acceptors (Lipinski definition) is 2. The molecule has 0 saturated heterocycles. The zero-order valence-electron chi connectivity index (χ0n) is 20.7. The summed E-state index contributed by atoms with van der Waals surface area (Å²) in [5.41, 5.74) is 0.789. The molecular formula is C28H50O2. The van der Waals surface area contributed by atoms with Gasteiger partial charge < -0.3 is 10.2 Å². The highest BCUT2D eigenvalue weighted by Gasteiger charge is 2.61. The predicted octanol–water partition coefficient (Wildman–Crippen LogP) is 6.69. The summed E-state index contributed by atoms with van der Waals surface area (Å²) in [6, 6.07) is 0. The van der Waals surface area contributed by atoms with Crippen molar-refractivity contribution in [3.8, 4) is 0 Å². The van der Waals surface area contributed by atoms with Gasteiger partial charge in [-0.05, 0) is 110 Å². The van der Waals surface area contributed by atoms with Gasteiger partial charge in [-0.25, -0.2) is 0 Å². The lowest BCUT2D eigenvalue weighted by Gasteiger charge is -2.61. The van der Waals surface area contributed by atoms with Crippen molar-refractivity contribution in [1.29, 1.82) is 0 Å². The molecule has 0 heterocycles.